The fraction of sp³-hybridized carbons (Fsp3) is 0.312. The van der Waals surface area contributed by atoms with Gasteiger partial charge in [-0.15, -0.1) is 0 Å². The summed E-state index contributed by atoms with van der Waals surface area (Å²) < 4.78 is 5.71. The Morgan fingerprint density at radius 3 is 2.70 bits per heavy atom. The summed E-state index contributed by atoms with van der Waals surface area (Å²) in [6, 6.07) is 12.4. The molecule has 0 radical (unpaired) electrons. The first kappa shape index (κ1) is 15.6. The van der Waals surface area contributed by atoms with Crippen LogP contribution in [0.25, 0.3) is 0 Å². The Morgan fingerprint density at radius 1 is 1.30 bits per heavy atom. The molecule has 120 valence electrons. The van der Waals surface area contributed by atoms with Crippen molar-refractivity contribution in [2.24, 2.45) is 0 Å². The molecular weight excluding hydrogens is 316 g/mol. The molecule has 1 saturated heterocycles. The number of rotatable bonds is 3. The highest BCUT2D eigenvalue weighted by atomic mass is 32.1. The van der Waals surface area contributed by atoms with Gasteiger partial charge in [0.25, 0.3) is 5.91 Å². The van der Waals surface area contributed by atoms with Crippen LogP contribution < -0.4 is 0 Å². The molecule has 2 heterocycles. The second-order valence-electron chi connectivity index (χ2n) is 5.42. The molecule has 0 N–H and O–H groups in total. The average molecular weight is 332 g/mol. The van der Waals surface area contributed by atoms with E-state index in [1.807, 2.05) is 37.3 Å². The van der Waals surface area contributed by atoms with Gasteiger partial charge in [-0.2, -0.15) is 0 Å². The van der Waals surface area contributed by atoms with Crippen LogP contribution in [0.4, 0.5) is 5.00 Å². The molecular formula is C16H16N2O4S. The van der Waals surface area contributed by atoms with E-state index in [-0.39, 0.29) is 23.1 Å². The lowest BCUT2D eigenvalue weighted by molar-refractivity contribution is -0.380. The number of hydrogen-bond donors (Lipinski definition) is 0. The van der Waals surface area contributed by atoms with Gasteiger partial charge in [-0.05, 0) is 18.6 Å². The van der Waals surface area contributed by atoms with Crippen LogP contribution in [-0.2, 0) is 4.74 Å². The first-order chi connectivity index (χ1) is 11.1. The van der Waals surface area contributed by atoms with E-state index >= 15 is 0 Å². The minimum absolute atomic E-state index is 0.0223. The molecule has 0 saturated carbocycles. The zero-order valence-electron chi connectivity index (χ0n) is 12.5. The number of morpholine rings is 1. The summed E-state index contributed by atoms with van der Waals surface area (Å²) >= 11 is 0.910. The summed E-state index contributed by atoms with van der Waals surface area (Å²) in [4.78, 5) is 25.3. The summed E-state index contributed by atoms with van der Waals surface area (Å²) in [5, 5.41) is 10.8. The van der Waals surface area contributed by atoms with Crippen molar-refractivity contribution >= 4 is 22.2 Å². The highest BCUT2D eigenvalue weighted by Crippen LogP contribution is 2.31. The minimum atomic E-state index is -0.474. The van der Waals surface area contributed by atoms with Gasteiger partial charge in [-0.3, -0.25) is 14.9 Å². The lowest BCUT2D eigenvalue weighted by Crippen LogP contribution is -2.46. The molecule has 0 unspecified atom stereocenters. The molecule has 7 heteroatoms. The Hall–Kier alpha value is -2.25. The third-order valence-corrected chi connectivity index (χ3v) is 4.82. The third-order valence-electron chi connectivity index (χ3n) is 3.80. The van der Waals surface area contributed by atoms with Crippen molar-refractivity contribution in [3.8, 4) is 0 Å². The van der Waals surface area contributed by atoms with Gasteiger partial charge in [0.1, 0.15) is 0 Å². The highest BCUT2D eigenvalue weighted by molar-refractivity contribution is 7.17. The monoisotopic (exact) mass is 332 g/mol. The molecule has 1 amide bonds. The Labute approximate surface area is 137 Å². The van der Waals surface area contributed by atoms with Crippen LogP contribution >= 0.6 is 11.3 Å². The van der Waals surface area contributed by atoms with Crippen molar-refractivity contribution in [3.63, 3.8) is 0 Å². The first-order valence-corrected chi connectivity index (χ1v) is 8.09. The van der Waals surface area contributed by atoms with Crippen LogP contribution in [-0.4, -0.2) is 35.0 Å². The van der Waals surface area contributed by atoms with Gasteiger partial charge in [0.2, 0.25) is 0 Å². The van der Waals surface area contributed by atoms with Gasteiger partial charge >= 0.3 is 5.00 Å². The SMILES string of the molecule is C[C@@H]1CN(C(=O)c2ccc([N+](=O)[O-])s2)[C@@H](c2ccccc2)CO1. The van der Waals surface area contributed by atoms with E-state index < -0.39 is 4.92 Å². The van der Waals surface area contributed by atoms with Crippen LogP contribution in [0.5, 0.6) is 0 Å². The van der Waals surface area contributed by atoms with Crippen molar-refractivity contribution in [2.75, 3.05) is 13.2 Å². The number of ether oxygens (including phenoxy) is 1. The Morgan fingerprint density at radius 2 is 2.04 bits per heavy atom. The van der Waals surface area contributed by atoms with Gasteiger partial charge in [0.15, 0.2) is 0 Å². The molecule has 1 aliphatic rings. The predicted molar refractivity (Wildman–Crippen MR) is 86.6 cm³/mol. The second kappa shape index (κ2) is 6.47. The fourth-order valence-corrected chi connectivity index (χ4v) is 3.44. The van der Waals surface area contributed by atoms with Crippen LogP contribution in [0.1, 0.15) is 28.2 Å². The maximum Gasteiger partial charge on any atom is 0.324 e. The maximum atomic E-state index is 12.8. The van der Waals surface area contributed by atoms with Crippen molar-refractivity contribution in [2.45, 2.75) is 19.1 Å². The summed E-state index contributed by atoms with van der Waals surface area (Å²) in [5.41, 5.74) is 0.999. The van der Waals surface area contributed by atoms with E-state index in [1.54, 1.807) is 4.90 Å². The van der Waals surface area contributed by atoms with E-state index in [4.69, 9.17) is 4.74 Å². The van der Waals surface area contributed by atoms with Gasteiger partial charge in [0, 0.05) is 12.6 Å². The van der Waals surface area contributed by atoms with Crippen LogP contribution in [0.3, 0.4) is 0 Å². The van der Waals surface area contributed by atoms with E-state index in [0.29, 0.717) is 18.0 Å². The Kier molecular flexibility index (Phi) is 4.40. The fourth-order valence-electron chi connectivity index (χ4n) is 2.66. The molecule has 3 rings (SSSR count). The van der Waals surface area contributed by atoms with Gasteiger partial charge in [0.05, 0.1) is 28.6 Å². The van der Waals surface area contributed by atoms with E-state index in [0.717, 1.165) is 16.9 Å². The van der Waals surface area contributed by atoms with Crippen molar-refractivity contribution in [3.05, 3.63) is 63.0 Å². The summed E-state index contributed by atoms with van der Waals surface area (Å²) in [6.45, 7) is 2.80. The number of amides is 1. The Balaban J connectivity index is 1.89. The molecule has 1 fully saturated rings. The van der Waals surface area contributed by atoms with Crippen LogP contribution in [0, 0.1) is 10.1 Å². The zero-order valence-corrected chi connectivity index (χ0v) is 13.4. The molecule has 0 aliphatic carbocycles. The van der Waals surface area contributed by atoms with Crippen molar-refractivity contribution < 1.29 is 14.5 Å². The average Bonchev–Trinajstić information content (AvgIpc) is 3.05. The number of hydrogen-bond acceptors (Lipinski definition) is 5. The highest BCUT2D eigenvalue weighted by Gasteiger charge is 2.33. The number of nitro groups is 1. The summed E-state index contributed by atoms with van der Waals surface area (Å²) in [6.07, 6.45) is -0.0612. The van der Waals surface area contributed by atoms with Crippen LogP contribution in [0.2, 0.25) is 0 Å². The number of nitrogens with zero attached hydrogens (tertiary/aromatic N) is 2. The smallest absolute Gasteiger partial charge is 0.324 e. The molecule has 1 aromatic heterocycles. The maximum absolute atomic E-state index is 12.8. The predicted octanol–water partition coefficient (Wildman–Crippen LogP) is 3.26. The molecule has 6 nitrogen and oxygen atoms in total. The number of carbonyl (C=O) groups is 1. The van der Waals surface area contributed by atoms with Crippen molar-refractivity contribution in [1.82, 2.24) is 4.90 Å². The molecule has 23 heavy (non-hydrogen) atoms. The van der Waals surface area contributed by atoms with E-state index in [1.165, 1.54) is 12.1 Å². The summed E-state index contributed by atoms with van der Waals surface area (Å²) in [5.74, 6) is -0.188. The topological polar surface area (TPSA) is 72.7 Å². The minimum Gasteiger partial charge on any atom is -0.374 e. The normalized spacial score (nSPS) is 21.2. The van der Waals surface area contributed by atoms with Gasteiger partial charge in [-0.1, -0.05) is 41.7 Å². The largest absolute Gasteiger partial charge is 0.374 e. The molecule has 0 bridgehead atoms. The molecule has 1 aromatic carbocycles. The van der Waals surface area contributed by atoms with E-state index in [2.05, 4.69) is 0 Å². The van der Waals surface area contributed by atoms with Gasteiger partial charge in [-0.25, -0.2) is 0 Å². The standard InChI is InChI=1S/C16H16N2O4S/c1-11-9-17(13(10-22-11)12-5-3-2-4-6-12)16(19)14-7-8-15(23-14)18(20)21/h2-8,11,13H,9-10H2,1H3/t11-,13-/m1/s1. The Bertz CT molecular complexity index is 716. The van der Waals surface area contributed by atoms with Crippen LogP contribution in [0.15, 0.2) is 42.5 Å². The number of carbonyl (C=O) groups excluding carboxylic acids is 1. The summed E-state index contributed by atoms with van der Waals surface area (Å²) in [7, 11) is 0. The molecule has 0 spiro atoms. The quantitative estimate of drug-likeness (QED) is 0.639. The number of benzene rings is 1. The van der Waals surface area contributed by atoms with Gasteiger partial charge < -0.3 is 9.64 Å². The molecule has 2 aromatic rings. The molecule has 2 atom stereocenters. The lowest BCUT2D eigenvalue weighted by Gasteiger charge is -2.38. The molecule has 1 aliphatic heterocycles. The first-order valence-electron chi connectivity index (χ1n) is 7.28. The van der Waals surface area contributed by atoms with Crippen molar-refractivity contribution in [1.29, 1.82) is 0 Å². The third kappa shape index (κ3) is 3.25. The lowest BCUT2D eigenvalue weighted by atomic mass is 10.0. The number of thiophene rings is 1. The van der Waals surface area contributed by atoms with E-state index in [9.17, 15) is 14.9 Å². The zero-order chi connectivity index (χ0) is 16.4. The second-order valence-corrected chi connectivity index (χ2v) is 6.49.